The number of phenolic OH excluding ortho intramolecular Hbond substituents is 5. The second-order valence-electron chi connectivity index (χ2n) is 37.9. The monoisotopic (exact) mass is 2120 g/mol. The molecular formula is C101H140N24O23S2. The summed E-state index contributed by atoms with van der Waals surface area (Å²) in [5.41, 5.74) is 13.2. The van der Waals surface area contributed by atoms with Crippen molar-refractivity contribution in [1.29, 1.82) is 5.41 Å². The van der Waals surface area contributed by atoms with Gasteiger partial charge in [0.1, 0.15) is 125 Å². The number of amides is 17. The Morgan fingerprint density at radius 2 is 0.673 bits per heavy atom. The van der Waals surface area contributed by atoms with Gasteiger partial charge in [0, 0.05) is 94.4 Å². The van der Waals surface area contributed by atoms with E-state index >= 15 is 57.5 Å². The van der Waals surface area contributed by atoms with E-state index in [2.05, 4.69) is 126 Å². The molecule has 3 aliphatic heterocycles. The third-order valence-corrected chi connectivity index (χ3v) is 26.1. The molecule has 814 valence electrons. The van der Waals surface area contributed by atoms with E-state index in [1.165, 1.54) is 151 Å². The number of nitrogens with two attached hydrogens (primary N) is 2. The van der Waals surface area contributed by atoms with Crippen LogP contribution < -0.4 is 102 Å². The van der Waals surface area contributed by atoms with Gasteiger partial charge in [-0.25, -0.2) is 4.98 Å². The van der Waals surface area contributed by atoms with Crippen molar-refractivity contribution in [2.24, 2.45) is 11.5 Å². The van der Waals surface area contributed by atoms with Gasteiger partial charge in [0.15, 0.2) is 5.96 Å². The predicted molar refractivity (Wildman–Crippen MR) is 555 cm³/mol. The van der Waals surface area contributed by atoms with Crippen LogP contribution in [-0.2, 0) is 120 Å². The molecule has 47 nitrogen and oxygen atoms in total. The molecule has 0 spiro atoms. The highest BCUT2D eigenvalue weighted by atomic mass is 32.1. The summed E-state index contributed by atoms with van der Waals surface area (Å²) < 4.78 is 0. The molecule has 5 aromatic carbocycles. The number of aliphatic hydroxyl groups excluding tert-OH is 1. The normalized spacial score (nSPS) is 23.9. The van der Waals surface area contributed by atoms with Crippen molar-refractivity contribution in [1.82, 2.24) is 110 Å². The van der Waals surface area contributed by atoms with E-state index in [0.717, 1.165) is 0 Å². The van der Waals surface area contributed by atoms with Crippen molar-refractivity contribution < 1.29 is 112 Å². The van der Waals surface area contributed by atoms with Crippen molar-refractivity contribution in [2.45, 2.75) is 265 Å². The molecule has 6 aromatic rings. The summed E-state index contributed by atoms with van der Waals surface area (Å²) in [7, 11) is 0. The number of fused-ring (bicyclic) bond motifs is 2. The third-order valence-electron chi connectivity index (χ3n) is 25.4. The van der Waals surface area contributed by atoms with Crippen LogP contribution in [0.4, 0.5) is 0 Å². The van der Waals surface area contributed by atoms with Crippen molar-refractivity contribution in [3.63, 3.8) is 0 Å². The van der Waals surface area contributed by atoms with Crippen molar-refractivity contribution in [2.75, 3.05) is 50.8 Å². The fourth-order valence-corrected chi connectivity index (χ4v) is 17.7. The van der Waals surface area contributed by atoms with Gasteiger partial charge in [0.25, 0.3) is 0 Å². The number of H-pyrrole nitrogens is 1. The maximum absolute atomic E-state index is 15.6. The van der Waals surface area contributed by atoms with E-state index in [-0.39, 0.29) is 156 Å². The number of hydrogen-bond donors (Lipinski definition) is 29. The van der Waals surface area contributed by atoms with E-state index < -0.39 is 253 Å². The van der Waals surface area contributed by atoms with Gasteiger partial charge in [-0.1, -0.05) is 88.4 Å². The van der Waals surface area contributed by atoms with Crippen LogP contribution in [0.5, 0.6) is 28.7 Å². The SMILES string of the molecule is CC(C)NCCCC[C@@H]1NC(=O)[C@H](CCC(N)=O)NC(=O)[C@H](Cc2ccc(O)cc2)NC(=O)[C@H](CS)NC(=O)[C@H](Cc2ccc(O)cc2)NC(=O)[C@H](CCCNC(=N)N)NC(=O)[C@H](CCCNC(C)C)NC(=O)[C@@H](Cc2ccc(O)cc2)NC(=O)[C@H](C)NC(=O)[C@H](CO)NC(=O)[C@H](CS)NC(=O)[C@H](Cc2ccc(O)cc2)NC(=O)[C@H](Cc2c[nH]cn2)NC(=O)[C@H](Cc2ccc(O)cc2)NC(=O)[C@@H]2CCCN2C(=O)[C@H]2CCCN2C1=O. The topological polar surface area (TPSA) is 727 Å². The van der Waals surface area contributed by atoms with Gasteiger partial charge in [0.05, 0.1) is 18.6 Å². The molecule has 3 fully saturated rings. The largest absolute Gasteiger partial charge is 0.508 e. The van der Waals surface area contributed by atoms with Gasteiger partial charge in [-0.2, -0.15) is 25.3 Å². The average Bonchev–Trinajstić information content (AvgIpc) is 1.65. The molecule has 3 saturated heterocycles. The van der Waals surface area contributed by atoms with Gasteiger partial charge < -0.3 is 147 Å². The number of thiol groups is 2. The van der Waals surface area contributed by atoms with Crippen LogP contribution in [0.15, 0.2) is 134 Å². The second-order valence-corrected chi connectivity index (χ2v) is 38.6. The van der Waals surface area contributed by atoms with Crippen LogP contribution in [-0.4, -0.2) is 316 Å². The lowest BCUT2D eigenvalue weighted by atomic mass is 10.0. The highest BCUT2D eigenvalue weighted by Gasteiger charge is 2.46. The van der Waals surface area contributed by atoms with Crippen LogP contribution in [0.2, 0.25) is 0 Å². The number of nitrogens with zero attached hydrogens (tertiary/aromatic N) is 3. The fourth-order valence-electron chi connectivity index (χ4n) is 17.2. The first-order valence-electron chi connectivity index (χ1n) is 49.9. The molecule has 150 heavy (non-hydrogen) atoms. The summed E-state index contributed by atoms with van der Waals surface area (Å²) in [6, 6.07) is 1.39. The Bertz CT molecular complexity index is 5580. The summed E-state index contributed by atoms with van der Waals surface area (Å²) in [5.74, 6) is -19.4. The number of hydrogen-bond acceptors (Lipinski definition) is 29. The number of unbranched alkanes of at least 4 members (excludes halogenated alkanes) is 1. The number of phenols is 5. The van der Waals surface area contributed by atoms with Gasteiger partial charge in [-0.05, 0) is 186 Å². The first kappa shape index (κ1) is 119. The molecule has 9 rings (SSSR count). The lowest BCUT2D eigenvalue weighted by Gasteiger charge is -2.34. The number of rotatable bonds is 33. The van der Waals surface area contributed by atoms with E-state index in [9.17, 15) is 54.6 Å². The van der Waals surface area contributed by atoms with Crippen molar-refractivity contribution in [3.8, 4) is 28.7 Å². The third kappa shape index (κ3) is 38.1. The van der Waals surface area contributed by atoms with Crippen LogP contribution in [0.1, 0.15) is 152 Å². The number of carbonyl (C=O) groups is 17. The summed E-state index contributed by atoms with van der Waals surface area (Å²) >= 11 is 8.81. The Kier molecular flexibility index (Phi) is 47.0. The molecule has 0 unspecified atom stereocenters. The summed E-state index contributed by atoms with van der Waals surface area (Å²) in [6.07, 6.45) is 0.387. The molecule has 0 radical (unpaired) electrons. The molecule has 0 saturated carbocycles. The number of aromatic nitrogens is 2. The maximum atomic E-state index is 15.6. The molecule has 0 bridgehead atoms. The quantitative estimate of drug-likeness (QED) is 0.00836. The zero-order valence-corrected chi connectivity index (χ0v) is 86.0. The molecule has 1 aromatic heterocycles. The smallest absolute Gasteiger partial charge is 0.246 e. The second kappa shape index (κ2) is 59.4. The van der Waals surface area contributed by atoms with Gasteiger partial charge in [0.2, 0.25) is 100 Å². The minimum absolute atomic E-state index is 0.0169. The summed E-state index contributed by atoms with van der Waals surface area (Å²) in [4.78, 5) is 264. The number of imidazole rings is 1. The van der Waals surface area contributed by atoms with Crippen molar-refractivity contribution >= 4 is 132 Å². The lowest BCUT2D eigenvalue weighted by molar-refractivity contribution is -0.148. The van der Waals surface area contributed by atoms with Gasteiger partial charge in [-0.15, -0.1) is 0 Å². The van der Waals surface area contributed by atoms with E-state index in [1.54, 1.807) is 0 Å². The molecule has 0 aliphatic carbocycles. The van der Waals surface area contributed by atoms with Crippen LogP contribution in [0.3, 0.4) is 0 Å². The zero-order chi connectivity index (χ0) is 109. The van der Waals surface area contributed by atoms with Crippen LogP contribution >= 0.6 is 25.3 Å². The van der Waals surface area contributed by atoms with E-state index in [1.807, 2.05) is 27.7 Å². The highest BCUT2D eigenvalue weighted by Crippen LogP contribution is 2.29. The fraction of sp³-hybridized carbons (Fsp3) is 0.495. The molecule has 3 aliphatic rings. The van der Waals surface area contributed by atoms with Crippen molar-refractivity contribution in [3.05, 3.63) is 167 Å². The Morgan fingerprint density at radius 3 is 1.03 bits per heavy atom. The molecule has 17 amide bonds. The van der Waals surface area contributed by atoms with E-state index in [0.29, 0.717) is 40.8 Å². The highest BCUT2D eigenvalue weighted by molar-refractivity contribution is 7.80. The molecule has 29 N–H and O–H groups in total. The summed E-state index contributed by atoms with van der Waals surface area (Å²) in [5, 5.41) is 116. The lowest BCUT2D eigenvalue weighted by Crippen LogP contribution is -2.62. The van der Waals surface area contributed by atoms with Crippen LogP contribution in [0, 0.1) is 5.41 Å². The minimum atomic E-state index is -1.90. The Hall–Kier alpha value is -14.9. The first-order chi connectivity index (χ1) is 71.5. The number of carbonyl (C=O) groups excluding carboxylic acids is 17. The van der Waals surface area contributed by atoms with Crippen LogP contribution in [0.25, 0.3) is 0 Å². The Morgan fingerprint density at radius 1 is 0.373 bits per heavy atom. The number of nitrogens with one attached hydrogen (secondary N) is 19. The maximum Gasteiger partial charge on any atom is 0.246 e. The molecule has 16 atom stereocenters. The Labute approximate surface area is 878 Å². The number of aromatic hydroxyl groups is 5. The summed E-state index contributed by atoms with van der Waals surface area (Å²) in [6.45, 7) is 8.22. The Balaban J connectivity index is 1.11. The molecule has 4 heterocycles. The number of benzene rings is 5. The zero-order valence-electron chi connectivity index (χ0n) is 84.2. The molecular weight excluding hydrogens is 1980 g/mol. The molecule has 49 heteroatoms. The number of guanidine groups is 1. The average molecular weight is 2120 g/mol. The predicted octanol–water partition coefficient (Wildman–Crippen LogP) is -3.18. The standard InChI is InChI=1S/C101H140N24O23S2/c1-55(2)106-39-7-6-12-72-99(147)125-43-11-16-83(125)100(148)124-42-10-15-82(124)98(146)120-77(48-62-25-35-68(131)36-26-62)91(139)119-78(49-63-50-105-54-109-63)94(142)117-76(47-61-23-33-67(130)34-24-61)93(141)123-81(53-150)97(145)121-79(51-126)95(143)110-57(5)85(133)115-73(44-58-17-27-64(127)28-18-58)89(137)112-69(13-8-40-107-56(3)4)86(134)111-70(14-9-41-108-101(103)104)87(135)116-75(46-60-21-31-66(129)32-22-60)92(140)122-80(52-149)96(144)118-74(45-59-19-29-65(128)30-20-59)90(138)113-71(88(136)114-72)37-38-84(102)132/h17-36,50,54-57,69-83,106-107,126-131,149-150H,6-16,37-49,51-53H2,1-5H3,(H2,102,132)(H,105,109)(H,110,143)(H,111,134)(H,112,137)(H,113,138)(H,114,136)(H,115,133)(H,116,135)(H,117,142)(H,118,144)(H,119,139)(H,120,146)(H,121,145)(H,122,140)(H,123,141)(H4,103,104,108)/t57-,69-,70-,71-,72-,73+,74-,75-,76-,77-,78-,79-,80-,81-,82-,83+/m0/s1. The number of aliphatic hydroxyl groups is 1. The number of aromatic amines is 1. The van der Waals surface area contributed by atoms with Gasteiger partial charge >= 0.3 is 0 Å². The number of primary amides is 1. The minimum Gasteiger partial charge on any atom is -0.508 e. The van der Waals surface area contributed by atoms with Gasteiger partial charge in [-0.3, -0.25) is 86.9 Å². The first-order valence-corrected chi connectivity index (χ1v) is 51.2. The van der Waals surface area contributed by atoms with E-state index in [4.69, 9.17) is 16.9 Å².